The van der Waals surface area contributed by atoms with Crippen molar-refractivity contribution >= 4 is 5.97 Å². The molecule has 0 N–H and O–H groups in total. The second kappa shape index (κ2) is 7.87. The van der Waals surface area contributed by atoms with E-state index in [2.05, 4.69) is 61.6 Å². The first kappa shape index (κ1) is 20.9. The SMILES string of the molecule is CCCC(=O)Oc1cnc(C#Cc2cc3c(cc2C)OC(C)(C)CC3(C)C)cn1. The Morgan fingerprint density at radius 1 is 1.17 bits per heavy atom. The molecule has 29 heavy (non-hydrogen) atoms. The molecule has 2 heterocycles. The van der Waals surface area contributed by atoms with Gasteiger partial charge in [0.05, 0.1) is 12.4 Å². The van der Waals surface area contributed by atoms with Crippen molar-refractivity contribution in [1.82, 2.24) is 9.97 Å². The Hall–Kier alpha value is -2.87. The average molecular weight is 392 g/mol. The lowest BCUT2D eigenvalue weighted by molar-refractivity contribution is -0.134. The van der Waals surface area contributed by atoms with Crippen LogP contribution in [0.25, 0.3) is 0 Å². The highest BCUT2D eigenvalue weighted by Crippen LogP contribution is 2.45. The minimum absolute atomic E-state index is 0.00499. The number of esters is 1. The van der Waals surface area contributed by atoms with Crippen LogP contribution >= 0.6 is 0 Å². The number of benzene rings is 1. The quantitative estimate of drug-likeness (QED) is 0.558. The van der Waals surface area contributed by atoms with Crippen LogP contribution in [0.2, 0.25) is 0 Å². The zero-order chi connectivity index (χ0) is 21.2. The number of ether oxygens (including phenoxy) is 2. The van der Waals surface area contributed by atoms with Crippen molar-refractivity contribution in [3.05, 3.63) is 46.9 Å². The number of hydrogen-bond donors (Lipinski definition) is 0. The molecule has 1 aromatic heterocycles. The summed E-state index contributed by atoms with van der Waals surface area (Å²) in [5, 5.41) is 0. The van der Waals surface area contributed by atoms with Crippen LogP contribution in [0, 0.1) is 18.8 Å². The van der Waals surface area contributed by atoms with E-state index in [1.807, 2.05) is 13.8 Å². The van der Waals surface area contributed by atoms with Crippen LogP contribution in [0.15, 0.2) is 24.5 Å². The molecule has 0 unspecified atom stereocenters. The second-order valence-electron chi connectivity index (χ2n) is 8.80. The van der Waals surface area contributed by atoms with E-state index >= 15 is 0 Å². The molecule has 0 fully saturated rings. The summed E-state index contributed by atoms with van der Waals surface area (Å²) in [6.07, 6.45) is 4.97. The zero-order valence-electron chi connectivity index (χ0n) is 18.0. The predicted molar refractivity (Wildman–Crippen MR) is 112 cm³/mol. The van der Waals surface area contributed by atoms with E-state index in [4.69, 9.17) is 9.47 Å². The van der Waals surface area contributed by atoms with Gasteiger partial charge in [-0.3, -0.25) is 4.79 Å². The molecule has 2 aromatic rings. The molecular weight excluding hydrogens is 364 g/mol. The van der Waals surface area contributed by atoms with Gasteiger partial charge in [-0.1, -0.05) is 26.7 Å². The molecule has 0 spiro atoms. The van der Waals surface area contributed by atoms with Gasteiger partial charge in [-0.25, -0.2) is 9.97 Å². The third-order valence-electron chi connectivity index (χ3n) is 4.94. The van der Waals surface area contributed by atoms with E-state index < -0.39 is 0 Å². The van der Waals surface area contributed by atoms with Gasteiger partial charge >= 0.3 is 5.97 Å². The molecule has 0 aliphatic carbocycles. The van der Waals surface area contributed by atoms with Crippen molar-refractivity contribution in [3.8, 4) is 23.5 Å². The predicted octanol–water partition coefficient (Wildman–Crippen LogP) is 4.73. The topological polar surface area (TPSA) is 61.3 Å². The Labute approximate surface area is 172 Å². The fourth-order valence-corrected chi connectivity index (χ4v) is 3.86. The molecule has 0 bridgehead atoms. The number of nitrogens with zero attached hydrogens (tertiary/aromatic N) is 2. The van der Waals surface area contributed by atoms with Crippen LogP contribution < -0.4 is 9.47 Å². The molecule has 5 nitrogen and oxygen atoms in total. The summed E-state index contributed by atoms with van der Waals surface area (Å²) in [7, 11) is 0. The first-order valence-electron chi connectivity index (χ1n) is 9.98. The minimum Gasteiger partial charge on any atom is -0.488 e. The Kier molecular flexibility index (Phi) is 5.66. The lowest BCUT2D eigenvalue weighted by Gasteiger charge is -2.42. The number of aromatic nitrogens is 2. The molecular formula is C24H28N2O3. The van der Waals surface area contributed by atoms with Crippen molar-refractivity contribution in [2.75, 3.05) is 0 Å². The summed E-state index contributed by atoms with van der Waals surface area (Å²) in [5.41, 5.74) is 3.52. The van der Waals surface area contributed by atoms with Crippen LogP contribution in [0.3, 0.4) is 0 Å². The first-order valence-corrected chi connectivity index (χ1v) is 9.98. The molecule has 3 rings (SSSR count). The molecule has 152 valence electrons. The van der Waals surface area contributed by atoms with Crippen molar-refractivity contribution in [2.45, 2.75) is 71.8 Å². The van der Waals surface area contributed by atoms with Crippen LogP contribution in [0.1, 0.15) is 76.3 Å². The Balaban J connectivity index is 1.84. The number of fused-ring (bicyclic) bond motifs is 1. The van der Waals surface area contributed by atoms with E-state index in [1.54, 1.807) is 0 Å². The molecule has 1 aromatic carbocycles. The summed E-state index contributed by atoms with van der Waals surface area (Å²) in [5.74, 6) is 7.08. The molecule has 0 atom stereocenters. The average Bonchev–Trinajstić information content (AvgIpc) is 2.60. The van der Waals surface area contributed by atoms with Gasteiger partial charge in [0.25, 0.3) is 0 Å². The lowest BCUT2D eigenvalue weighted by Crippen LogP contribution is -2.41. The fraction of sp³-hybridized carbons (Fsp3) is 0.458. The summed E-state index contributed by atoms with van der Waals surface area (Å²) >= 11 is 0. The van der Waals surface area contributed by atoms with Gasteiger partial charge in [0, 0.05) is 17.5 Å². The van der Waals surface area contributed by atoms with E-state index in [9.17, 15) is 4.79 Å². The maximum Gasteiger partial charge on any atom is 0.312 e. The number of carbonyl (C=O) groups excluding carboxylic acids is 1. The third kappa shape index (κ3) is 4.95. The first-order chi connectivity index (χ1) is 13.6. The summed E-state index contributed by atoms with van der Waals surface area (Å²) < 4.78 is 11.3. The van der Waals surface area contributed by atoms with Crippen LogP contribution in [0.5, 0.6) is 11.6 Å². The van der Waals surface area contributed by atoms with Gasteiger partial charge in [0.1, 0.15) is 17.0 Å². The van der Waals surface area contributed by atoms with Crippen LogP contribution in [-0.2, 0) is 10.2 Å². The van der Waals surface area contributed by atoms with E-state index in [0.717, 1.165) is 29.7 Å². The highest BCUT2D eigenvalue weighted by atomic mass is 16.5. The summed E-state index contributed by atoms with van der Waals surface area (Å²) in [6, 6.07) is 4.20. The molecule has 0 saturated heterocycles. The monoisotopic (exact) mass is 392 g/mol. The Morgan fingerprint density at radius 3 is 2.59 bits per heavy atom. The van der Waals surface area contributed by atoms with E-state index in [-0.39, 0.29) is 22.9 Å². The van der Waals surface area contributed by atoms with Crippen molar-refractivity contribution in [3.63, 3.8) is 0 Å². The summed E-state index contributed by atoms with van der Waals surface area (Å²) in [6.45, 7) is 12.7. The fourth-order valence-electron chi connectivity index (χ4n) is 3.86. The number of rotatable bonds is 3. The van der Waals surface area contributed by atoms with Gasteiger partial charge in [0.15, 0.2) is 0 Å². The maximum atomic E-state index is 11.5. The largest absolute Gasteiger partial charge is 0.488 e. The van der Waals surface area contributed by atoms with Gasteiger partial charge in [-0.15, -0.1) is 0 Å². The van der Waals surface area contributed by atoms with Crippen molar-refractivity contribution in [1.29, 1.82) is 0 Å². The Bertz CT molecular complexity index is 980. The standard InChI is InChI=1S/C24H28N2O3/c1-7-8-22(27)28-21-14-25-18(13-26-21)10-9-17-12-19-20(11-16(17)2)29-24(5,6)15-23(19,3)4/h11-14H,7-8,15H2,1-6H3. The number of carbonyl (C=O) groups is 1. The molecule has 0 radical (unpaired) electrons. The Morgan fingerprint density at radius 2 is 1.93 bits per heavy atom. The lowest BCUT2D eigenvalue weighted by atomic mass is 9.73. The van der Waals surface area contributed by atoms with Gasteiger partial charge < -0.3 is 9.47 Å². The van der Waals surface area contributed by atoms with Gasteiger partial charge in [-0.2, -0.15) is 0 Å². The molecule has 0 amide bonds. The third-order valence-corrected chi connectivity index (χ3v) is 4.94. The van der Waals surface area contributed by atoms with E-state index in [1.165, 1.54) is 18.0 Å². The molecule has 1 aliphatic rings. The molecule has 5 heteroatoms. The number of aryl methyl sites for hydroxylation is 1. The highest BCUT2D eigenvalue weighted by Gasteiger charge is 2.39. The van der Waals surface area contributed by atoms with Crippen molar-refractivity contribution < 1.29 is 14.3 Å². The van der Waals surface area contributed by atoms with Crippen LogP contribution in [0.4, 0.5) is 0 Å². The number of hydrogen-bond acceptors (Lipinski definition) is 5. The van der Waals surface area contributed by atoms with Crippen molar-refractivity contribution in [2.24, 2.45) is 0 Å². The second-order valence-corrected chi connectivity index (χ2v) is 8.80. The summed E-state index contributed by atoms with van der Waals surface area (Å²) in [4.78, 5) is 19.9. The normalized spacial score (nSPS) is 16.1. The van der Waals surface area contributed by atoms with Gasteiger partial charge in [0.2, 0.25) is 5.88 Å². The smallest absolute Gasteiger partial charge is 0.312 e. The molecule has 0 saturated carbocycles. The minimum atomic E-state index is -0.307. The van der Waals surface area contributed by atoms with Gasteiger partial charge in [-0.05, 0) is 62.6 Å². The maximum absolute atomic E-state index is 11.5. The molecule has 1 aliphatic heterocycles. The van der Waals surface area contributed by atoms with E-state index in [0.29, 0.717) is 12.1 Å². The van der Waals surface area contributed by atoms with Crippen LogP contribution in [-0.4, -0.2) is 21.5 Å². The zero-order valence-corrected chi connectivity index (χ0v) is 18.0. The highest BCUT2D eigenvalue weighted by molar-refractivity contribution is 5.71.